The standard InChI is InChI=1S/C23H16ClN3O5/c1-14(28)32-13-20-21(15-6-3-2-4-7-15)23(29)26-12-17(24)11-19(22(26)25-20)16-8-5-9-18(10-16)27(30)31/h2-12H,13H2,1H3. The van der Waals surface area contributed by atoms with Crippen molar-refractivity contribution < 1.29 is 14.5 Å². The highest BCUT2D eigenvalue weighted by atomic mass is 35.5. The van der Waals surface area contributed by atoms with E-state index in [0.29, 0.717) is 16.7 Å². The van der Waals surface area contributed by atoms with Gasteiger partial charge in [0.25, 0.3) is 11.2 Å². The molecule has 0 fully saturated rings. The summed E-state index contributed by atoms with van der Waals surface area (Å²) in [6, 6.07) is 16.4. The Morgan fingerprint density at radius 1 is 1.12 bits per heavy atom. The van der Waals surface area contributed by atoms with Crippen molar-refractivity contribution in [2.24, 2.45) is 0 Å². The third-order valence-electron chi connectivity index (χ3n) is 4.81. The number of nitrogens with zero attached hydrogens (tertiary/aromatic N) is 3. The zero-order chi connectivity index (χ0) is 22.8. The summed E-state index contributed by atoms with van der Waals surface area (Å²) in [5, 5.41) is 11.5. The average molecular weight is 450 g/mol. The smallest absolute Gasteiger partial charge is 0.303 e. The second-order valence-corrected chi connectivity index (χ2v) is 7.39. The molecule has 4 aromatic rings. The number of carbonyl (C=O) groups excluding carboxylic acids is 1. The van der Waals surface area contributed by atoms with Crippen LogP contribution in [0.1, 0.15) is 12.6 Å². The molecule has 0 N–H and O–H groups in total. The summed E-state index contributed by atoms with van der Waals surface area (Å²) in [4.78, 5) is 40.3. The van der Waals surface area contributed by atoms with Crippen molar-refractivity contribution in [1.82, 2.24) is 9.38 Å². The zero-order valence-corrected chi connectivity index (χ0v) is 17.6. The molecule has 0 bridgehead atoms. The maximum absolute atomic E-state index is 13.5. The Hall–Kier alpha value is -4.04. The predicted octanol–water partition coefficient (Wildman–Crippen LogP) is 4.65. The third-order valence-corrected chi connectivity index (χ3v) is 5.02. The van der Waals surface area contributed by atoms with E-state index in [0.717, 1.165) is 0 Å². The van der Waals surface area contributed by atoms with Crippen LogP contribution in [0.5, 0.6) is 0 Å². The summed E-state index contributed by atoms with van der Waals surface area (Å²) in [7, 11) is 0. The van der Waals surface area contributed by atoms with Crippen LogP contribution >= 0.6 is 11.6 Å². The minimum atomic E-state index is -0.513. The van der Waals surface area contributed by atoms with Gasteiger partial charge in [-0.2, -0.15) is 0 Å². The van der Waals surface area contributed by atoms with Crippen LogP contribution in [-0.2, 0) is 16.1 Å². The molecule has 8 nitrogen and oxygen atoms in total. The fourth-order valence-corrected chi connectivity index (χ4v) is 3.63. The molecule has 0 spiro atoms. The monoisotopic (exact) mass is 449 g/mol. The third kappa shape index (κ3) is 4.08. The number of non-ortho nitro benzene ring substituents is 1. The number of esters is 1. The van der Waals surface area contributed by atoms with Gasteiger partial charge < -0.3 is 4.74 Å². The van der Waals surface area contributed by atoms with Gasteiger partial charge in [-0.15, -0.1) is 0 Å². The predicted molar refractivity (Wildman–Crippen MR) is 119 cm³/mol. The van der Waals surface area contributed by atoms with E-state index >= 15 is 0 Å². The van der Waals surface area contributed by atoms with E-state index in [1.54, 1.807) is 42.5 Å². The normalized spacial score (nSPS) is 10.8. The van der Waals surface area contributed by atoms with Crippen molar-refractivity contribution in [3.63, 3.8) is 0 Å². The number of carbonyl (C=O) groups is 1. The van der Waals surface area contributed by atoms with Crippen LogP contribution in [0.2, 0.25) is 5.02 Å². The van der Waals surface area contributed by atoms with Crippen molar-refractivity contribution in [2.45, 2.75) is 13.5 Å². The maximum atomic E-state index is 13.5. The Kier molecular flexibility index (Phi) is 5.70. The van der Waals surface area contributed by atoms with Gasteiger partial charge in [-0.1, -0.05) is 54.1 Å². The maximum Gasteiger partial charge on any atom is 0.303 e. The number of hydrogen-bond donors (Lipinski definition) is 0. The summed E-state index contributed by atoms with van der Waals surface area (Å²) < 4.78 is 6.45. The number of fused-ring (bicyclic) bond motifs is 1. The van der Waals surface area contributed by atoms with Crippen LogP contribution in [0, 0.1) is 10.1 Å². The molecule has 4 rings (SSSR count). The SMILES string of the molecule is CC(=O)OCc1nc2c(-c3cccc([N+](=O)[O-])c3)cc(Cl)cn2c(=O)c1-c1ccccc1. The van der Waals surface area contributed by atoms with Gasteiger partial charge in [0.15, 0.2) is 0 Å². The highest BCUT2D eigenvalue weighted by molar-refractivity contribution is 6.31. The quantitative estimate of drug-likeness (QED) is 0.249. The van der Waals surface area contributed by atoms with E-state index in [4.69, 9.17) is 16.3 Å². The number of nitro groups is 1. The number of ether oxygens (including phenoxy) is 1. The second-order valence-electron chi connectivity index (χ2n) is 6.96. The van der Waals surface area contributed by atoms with Gasteiger partial charge in [0.05, 0.1) is 21.2 Å². The molecule has 2 heterocycles. The molecule has 32 heavy (non-hydrogen) atoms. The molecular formula is C23H16ClN3O5. The van der Waals surface area contributed by atoms with Crippen molar-refractivity contribution >= 4 is 28.9 Å². The summed E-state index contributed by atoms with van der Waals surface area (Å²) in [6.07, 6.45) is 1.44. The number of rotatable bonds is 5. The van der Waals surface area contributed by atoms with E-state index in [-0.39, 0.29) is 34.2 Å². The summed E-state index contributed by atoms with van der Waals surface area (Å²) in [6.45, 7) is 1.06. The lowest BCUT2D eigenvalue weighted by Gasteiger charge is -2.14. The van der Waals surface area contributed by atoms with E-state index in [1.807, 2.05) is 6.07 Å². The first-order chi connectivity index (χ1) is 15.3. The molecule has 0 unspecified atom stereocenters. The first kappa shape index (κ1) is 21.2. The zero-order valence-electron chi connectivity index (χ0n) is 16.8. The van der Waals surface area contributed by atoms with Crippen LogP contribution < -0.4 is 5.56 Å². The fourth-order valence-electron chi connectivity index (χ4n) is 3.42. The summed E-state index contributed by atoms with van der Waals surface area (Å²) in [5.41, 5.74) is 1.78. The Balaban J connectivity index is 2.04. The van der Waals surface area contributed by atoms with Crippen molar-refractivity contribution in [1.29, 1.82) is 0 Å². The van der Waals surface area contributed by atoms with E-state index in [1.165, 1.54) is 29.7 Å². The molecule has 0 radical (unpaired) electrons. The minimum absolute atomic E-state index is 0.107. The summed E-state index contributed by atoms with van der Waals surface area (Å²) >= 11 is 6.30. The molecule has 0 aliphatic rings. The number of aromatic nitrogens is 2. The number of halogens is 1. The minimum Gasteiger partial charge on any atom is -0.459 e. The first-order valence-corrected chi connectivity index (χ1v) is 9.91. The highest BCUT2D eigenvalue weighted by Crippen LogP contribution is 2.30. The van der Waals surface area contributed by atoms with Crippen LogP contribution in [0.15, 0.2) is 71.7 Å². The molecule has 9 heteroatoms. The van der Waals surface area contributed by atoms with Gasteiger partial charge in [-0.25, -0.2) is 4.98 Å². The van der Waals surface area contributed by atoms with Gasteiger partial charge >= 0.3 is 5.97 Å². The summed E-state index contributed by atoms with van der Waals surface area (Å²) in [5.74, 6) is -0.513. The lowest BCUT2D eigenvalue weighted by Crippen LogP contribution is -2.21. The van der Waals surface area contributed by atoms with Gasteiger partial charge in [-0.05, 0) is 17.2 Å². The van der Waals surface area contributed by atoms with Gasteiger partial charge in [-0.3, -0.25) is 24.1 Å². The first-order valence-electron chi connectivity index (χ1n) is 9.53. The molecular weight excluding hydrogens is 434 g/mol. The van der Waals surface area contributed by atoms with E-state index < -0.39 is 16.5 Å². The van der Waals surface area contributed by atoms with Crippen LogP contribution in [0.25, 0.3) is 27.9 Å². The van der Waals surface area contributed by atoms with Crippen LogP contribution in [0.4, 0.5) is 5.69 Å². The van der Waals surface area contributed by atoms with Crippen molar-refractivity contribution in [2.75, 3.05) is 0 Å². The van der Waals surface area contributed by atoms with Crippen LogP contribution in [0.3, 0.4) is 0 Å². The Morgan fingerprint density at radius 2 is 1.84 bits per heavy atom. The molecule has 0 saturated carbocycles. The Labute approximate surface area is 186 Å². The molecule has 2 aromatic carbocycles. The van der Waals surface area contributed by atoms with Crippen LogP contribution in [-0.4, -0.2) is 20.3 Å². The largest absolute Gasteiger partial charge is 0.459 e. The number of hydrogen-bond acceptors (Lipinski definition) is 6. The number of nitro benzene ring substituents is 1. The molecule has 0 aliphatic heterocycles. The van der Waals surface area contributed by atoms with Crippen molar-refractivity contribution in [3.05, 3.63) is 98.0 Å². The molecule has 160 valence electrons. The lowest BCUT2D eigenvalue weighted by atomic mass is 10.0. The van der Waals surface area contributed by atoms with Gasteiger partial charge in [0.1, 0.15) is 12.3 Å². The second kappa shape index (κ2) is 8.60. The highest BCUT2D eigenvalue weighted by Gasteiger charge is 2.19. The average Bonchev–Trinajstić information content (AvgIpc) is 2.78. The van der Waals surface area contributed by atoms with E-state index in [2.05, 4.69) is 4.98 Å². The topological polar surface area (TPSA) is 104 Å². The number of pyridine rings is 1. The Bertz CT molecular complexity index is 1420. The lowest BCUT2D eigenvalue weighted by molar-refractivity contribution is -0.384. The molecule has 2 aromatic heterocycles. The fraction of sp³-hybridized carbons (Fsp3) is 0.0870. The Morgan fingerprint density at radius 3 is 2.53 bits per heavy atom. The van der Waals surface area contributed by atoms with Gasteiger partial charge in [0.2, 0.25) is 0 Å². The van der Waals surface area contributed by atoms with Gasteiger partial charge in [0, 0.05) is 30.8 Å². The molecule has 0 saturated heterocycles. The molecule has 0 amide bonds. The van der Waals surface area contributed by atoms with Crippen molar-refractivity contribution in [3.8, 4) is 22.3 Å². The molecule has 0 atom stereocenters. The molecule has 0 aliphatic carbocycles. The number of benzene rings is 2. The van der Waals surface area contributed by atoms with E-state index in [9.17, 15) is 19.7 Å².